The number of H-pyrrole nitrogens is 1. The molecule has 5 nitrogen and oxygen atoms in total. The van der Waals surface area contributed by atoms with E-state index in [0.29, 0.717) is 39.3 Å². The quantitative estimate of drug-likeness (QED) is 0.655. The van der Waals surface area contributed by atoms with Gasteiger partial charge in [0.25, 0.3) is 0 Å². The van der Waals surface area contributed by atoms with E-state index in [9.17, 15) is 4.79 Å². The molecule has 0 fully saturated rings. The smallest absolute Gasteiger partial charge is 0.230 e. The van der Waals surface area contributed by atoms with Gasteiger partial charge in [0.2, 0.25) is 5.91 Å². The van der Waals surface area contributed by atoms with Gasteiger partial charge in [0, 0.05) is 35.3 Å². The van der Waals surface area contributed by atoms with Crippen molar-refractivity contribution in [3.05, 3.63) is 44.4 Å². The van der Waals surface area contributed by atoms with Crippen molar-refractivity contribution in [3.63, 3.8) is 0 Å². The summed E-state index contributed by atoms with van der Waals surface area (Å²) in [5.41, 5.74) is 0.970. The fourth-order valence-corrected chi connectivity index (χ4v) is 3.82. The first-order chi connectivity index (χ1) is 11.5. The molecule has 2 rings (SSSR count). The first kappa shape index (κ1) is 19.3. The molecule has 2 N–H and O–H groups in total. The Bertz CT molecular complexity index is 760. The topological polar surface area (TPSA) is 62.7 Å². The van der Waals surface area contributed by atoms with Crippen LogP contribution in [0.1, 0.15) is 18.3 Å². The maximum atomic E-state index is 11.9. The van der Waals surface area contributed by atoms with Crippen LogP contribution in [0.25, 0.3) is 0 Å². The summed E-state index contributed by atoms with van der Waals surface area (Å²) in [4.78, 5) is 11.9. The first-order valence-corrected chi connectivity index (χ1v) is 9.75. The van der Waals surface area contributed by atoms with Gasteiger partial charge in [-0.3, -0.25) is 9.89 Å². The minimum Gasteiger partial charge on any atom is -0.355 e. The summed E-state index contributed by atoms with van der Waals surface area (Å²) in [5, 5.41) is 11.0. The number of nitrogens with zero attached hydrogens (tertiary/aromatic N) is 2. The predicted molar refractivity (Wildman–Crippen MR) is 102 cm³/mol. The zero-order valence-electron chi connectivity index (χ0n) is 13.1. The third-order valence-corrected chi connectivity index (χ3v) is 5.21. The lowest BCUT2D eigenvalue weighted by molar-refractivity contribution is -0.118. The van der Waals surface area contributed by atoms with Crippen molar-refractivity contribution in [2.75, 3.05) is 12.3 Å². The highest BCUT2D eigenvalue weighted by molar-refractivity contribution is 7.99. The molecule has 1 heterocycles. The monoisotopic (exact) mass is 404 g/mol. The third-order valence-electron chi connectivity index (χ3n) is 3.33. The van der Waals surface area contributed by atoms with Gasteiger partial charge in [0.1, 0.15) is 5.82 Å². The van der Waals surface area contributed by atoms with Gasteiger partial charge in [-0.1, -0.05) is 29.3 Å². The maximum absolute atomic E-state index is 11.9. The minimum absolute atomic E-state index is 0.0118. The Kier molecular flexibility index (Phi) is 7.61. The van der Waals surface area contributed by atoms with Crippen molar-refractivity contribution >= 4 is 53.1 Å². The molecule has 0 saturated carbocycles. The Morgan fingerprint density at radius 3 is 2.96 bits per heavy atom. The molecule has 1 aromatic heterocycles. The Morgan fingerprint density at radius 2 is 2.25 bits per heavy atom. The second-order valence-electron chi connectivity index (χ2n) is 5.02. The lowest BCUT2D eigenvalue weighted by Gasteiger charge is -2.07. The van der Waals surface area contributed by atoms with Gasteiger partial charge >= 0.3 is 0 Å². The highest BCUT2D eigenvalue weighted by atomic mass is 35.5. The number of aromatic amines is 1. The summed E-state index contributed by atoms with van der Waals surface area (Å²) in [6.45, 7) is 3.29. The van der Waals surface area contributed by atoms with Gasteiger partial charge in [-0.05, 0) is 36.8 Å². The second kappa shape index (κ2) is 9.46. The van der Waals surface area contributed by atoms with Crippen LogP contribution in [0.2, 0.25) is 10.0 Å². The van der Waals surface area contributed by atoms with E-state index in [-0.39, 0.29) is 5.91 Å². The molecule has 0 aliphatic heterocycles. The molecule has 0 atom stereocenters. The zero-order valence-corrected chi connectivity index (χ0v) is 16.3. The standard InChI is InChI=1S/C15H18Cl2N4OS2/c1-2-21-13(19-20-15(21)23)5-6-18-14(22)9-24-8-10-3-4-11(16)7-12(10)17/h3-4,7H,2,5-6,8-9H2,1H3,(H,18,22)(H,20,23). The number of hydrogen-bond acceptors (Lipinski definition) is 4. The number of carbonyl (C=O) groups is 1. The number of rotatable bonds is 8. The van der Waals surface area contributed by atoms with Crippen molar-refractivity contribution < 1.29 is 4.79 Å². The van der Waals surface area contributed by atoms with Crippen LogP contribution in [0.15, 0.2) is 18.2 Å². The van der Waals surface area contributed by atoms with Crippen LogP contribution in [-0.4, -0.2) is 33.0 Å². The third kappa shape index (κ3) is 5.51. The van der Waals surface area contributed by atoms with Gasteiger partial charge in [-0.15, -0.1) is 11.8 Å². The number of thioether (sulfide) groups is 1. The van der Waals surface area contributed by atoms with E-state index < -0.39 is 0 Å². The van der Waals surface area contributed by atoms with Crippen LogP contribution in [0, 0.1) is 4.77 Å². The molecule has 2 aromatic rings. The summed E-state index contributed by atoms with van der Waals surface area (Å²) in [6.07, 6.45) is 0.639. The lowest BCUT2D eigenvalue weighted by Crippen LogP contribution is -2.28. The van der Waals surface area contributed by atoms with Gasteiger partial charge in [0.15, 0.2) is 4.77 Å². The number of aromatic nitrogens is 3. The highest BCUT2D eigenvalue weighted by Gasteiger charge is 2.07. The van der Waals surface area contributed by atoms with Gasteiger partial charge < -0.3 is 9.88 Å². The van der Waals surface area contributed by atoms with Crippen molar-refractivity contribution in [2.45, 2.75) is 25.6 Å². The Balaban J connectivity index is 1.71. The average Bonchev–Trinajstić information content (AvgIpc) is 2.89. The summed E-state index contributed by atoms with van der Waals surface area (Å²) >= 11 is 18.6. The number of nitrogens with one attached hydrogen (secondary N) is 2. The molecular formula is C15H18Cl2N4OS2. The molecule has 9 heteroatoms. The molecular weight excluding hydrogens is 387 g/mol. The molecule has 0 unspecified atom stereocenters. The van der Waals surface area contributed by atoms with Gasteiger partial charge in [-0.25, -0.2) is 0 Å². The Labute approximate surface area is 160 Å². The van der Waals surface area contributed by atoms with Crippen LogP contribution < -0.4 is 5.32 Å². The van der Waals surface area contributed by atoms with Gasteiger partial charge in [-0.2, -0.15) is 5.10 Å². The summed E-state index contributed by atoms with van der Waals surface area (Å²) in [6, 6.07) is 5.38. The first-order valence-electron chi connectivity index (χ1n) is 7.43. The number of halogens is 2. The van der Waals surface area contributed by atoms with E-state index in [1.807, 2.05) is 17.6 Å². The van der Waals surface area contributed by atoms with Crippen molar-refractivity contribution in [3.8, 4) is 0 Å². The molecule has 0 saturated heterocycles. The van der Waals surface area contributed by atoms with Gasteiger partial charge in [0.05, 0.1) is 5.75 Å². The fraction of sp³-hybridized carbons (Fsp3) is 0.400. The normalized spacial score (nSPS) is 10.8. The van der Waals surface area contributed by atoms with Crippen molar-refractivity contribution in [1.29, 1.82) is 0 Å². The molecule has 1 amide bonds. The van der Waals surface area contributed by atoms with Crippen LogP contribution in [-0.2, 0) is 23.5 Å². The van der Waals surface area contributed by atoms with Crippen LogP contribution in [0.4, 0.5) is 0 Å². The van der Waals surface area contributed by atoms with E-state index in [1.54, 1.807) is 12.1 Å². The minimum atomic E-state index is -0.0118. The SMILES string of the molecule is CCn1c(CCNC(=O)CSCc2ccc(Cl)cc2Cl)n[nH]c1=S. The summed E-state index contributed by atoms with van der Waals surface area (Å²) < 4.78 is 2.52. The number of amides is 1. The molecule has 0 spiro atoms. The molecule has 0 radical (unpaired) electrons. The van der Waals surface area contributed by atoms with Crippen molar-refractivity contribution in [2.24, 2.45) is 0 Å². The van der Waals surface area contributed by atoms with E-state index in [1.165, 1.54) is 11.8 Å². The molecule has 0 aliphatic carbocycles. The van der Waals surface area contributed by atoms with Crippen LogP contribution in [0.3, 0.4) is 0 Å². The fourth-order valence-electron chi connectivity index (χ4n) is 2.12. The average molecular weight is 405 g/mol. The Hall–Kier alpha value is -1.02. The van der Waals surface area contributed by atoms with E-state index in [2.05, 4.69) is 15.5 Å². The van der Waals surface area contributed by atoms with E-state index in [4.69, 9.17) is 35.4 Å². The number of carbonyl (C=O) groups excluding carboxylic acids is 1. The summed E-state index contributed by atoms with van der Waals surface area (Å²) in [5.74, 6) is 1.88. The van der Waals surface area contributed by atoms with E-state index >= 15 is 0 Å². The van der Waals surface area contributed by atoms with Crippen LogP contribution in [0.5, 0.6) is 0 Å². The van der Waals surface area contributed by atoms with Crippen LogP contribution >= 0.6 is 47.2 Å². The summed E-state index contributed by atoms with van der Waals surface area (Å²) in [7, 11) is 0. The number of hydrogen-bond donors (Lipinski definition) is 2. The predicted octanol–water partition coefficient (Wildman–Crippen LogP) is 3.86. The molecule has 0 aliphatic rings. The maximum Gasteiger partial charge on any atom is 0.230 e. The molecule has 0 bridgehead atoms. The lowest BCUT2D eigenvalue weighted by atomic mass is 10.2. The molecule has 24 heavy (non-hydrogen) atoms. The van der Waals surface area contributed by atoms with Crippen molar-refractivity contribution in [1.82, 2.24) is 20.1 Å². The molecule has 130 valence electrons. The largest absolute Gasteiger partial charge is 0.355 e. The zero-order chi connectivity index (χ0) is 17.5. The molecule has 1 aromatic carbocycles. The van der Waals surface area contributed by atoms with E-state index in [0.717, 1.165) is 17.9 Å². The second-order valence-corrected chi connectivity index (χ2v) is 7.23. The number of benzene rings is 1. The Morgan fingerprint density at radius 1 is 1.46 bits per heavy atom. The highest BCUT2D eigenvalue weighted by Crippen LogP contribution is 2.24.